The number of anilines is 2. The topological polar surface area (TPSA) is 112 Å². The zero-order valence-electron chi connectivity index (χ0n) is 23.4. The molecule has 0 spiro atoms. The number of rotatable bonds is 8. The number of hydrogen-bond acceptors (Lipinski definition) is 8. The molecule has 2 aliphatic rings. The summed E-state index contributed by atoms with van der Waals surface area (Å²) in [5, 5.41) is 12.2. The van der Waals surface area contributed by atoms with Gasteiger partial charge >= 0.3 is 12.1 Å². The molecule has 9 nitrogen and oxygen atoms in total. The van der Waals surface area contributed by atoms with Crippen LogP contribution in [-0.2, 0) is 17.5 Å². The first-order valence-corrected chi connectivity index (χ1v) is 14.9. The number of carbonyl (C=O) groups excluding carboxylic acids is 1. The van der Waals surface area contributed by atoms with Gasteiger partial charge in [0.1, 0.15) is 11.5 Å². The SMILES string of the molecule is CCC1CCCN1Cc1sc(NC(=O)c2cnc(N3CCC(C(=O)O)CC3)cn2)nc1-c1ccc(C)c(C(F)(F)F)c1. The molecule has 0 bridgehead atoms. The summed E-state index contributed by atoms with van der Waals surface area (Å²) in [6.45, 7) is 6.06. The molecule has 1 unspecified atom stereocenters. The largest absolute Gasteiger partial charge is 0.481 e. The zero-order chi connectivity index (χ0) is 30.0. The number of aryl methyl sites for hydroxylation is 1. The highest BCUT2D eigenvalue weighted by atomic mass is 32.1. The normalized spacial score (nSPS) is 18.4. The summed E-state index contributed by atoms with van der Waals surface area (Å²) in [6, 6.07) is 4.61. The van der Waals surface area contributed by atoms with Crippen molar-refractivity contribution in [3.05, 3.63) is 52.3 Å². The van der Waals surface area contributed by atoms with Crippen molar-refractivity contribution in [1.82, 2.24) is 19.9 Å². The molecule has 1 aromatic carbocycles. The summed E-state index contributed by atoms with van der Waals surface area (Å²) in [4.78, 5) is 42.5. The first-order chi connectivity index (χ1) is 20.0. The molecule has 1 atom stereocenters. The number of hydrogen-bond donors (Lipinski definition) is 2. The molecule has 224 valence electrons. The molecule has 2 aromatic heterocycles. The van der Waals surface area contributed by atoms with Crippen molar-refractivity contribution in [1.29, 1.82) is 0 Å². The van der Waals surface area contributed by atoms with Crippen LogP contribution in [0.25, 0.3) is 11.3 Å². The Morgan fingerprint density at radius 2 is 1.88 bits per heavy atom. The Bertz CT molecular complexity index is 1440. The van der Waals surface area contributed by atoms with Crippen molar-refractivity contribution >= 4 is 34.2 Å². The van der Waals surface area contributed by atoms with E-state index >= 15 is 0 Å². The van der Waals surface area contributed by atoms with Crippen molar-refractivity contribution in [2.24, 2.45) is 5.92 Å². The van der Waals surface area contributed by atoms with Gasteiger partial charge in [-0.25, -0.2) is 15.0 Å². The molecule has 2 N–H and O–H groups in total. The van der Waals surface area contributed by atoms with Gasteiger partial charge in [-0.3, -0.25) is 19.8 Å². The predicted molar refractivity (Wildman–Crippen MR) is 154 cm³/mol. The average molecular weight is 603 g/mol. The quantitative estimate of drug-likeness (QED) is 0.330. The summed E-state index contributed by atoms with van der Waals surface area (Å²) in [5.41, 5.74) is 0.268. The number of carbonyl (C=O) groups is 2. The molecule has 4 heterocycles. The van der Waals surface area contributed by atoms with Gasteiger partial charge < -0.3 is 10.0 Å². The molecule has 3 aromatic rings. The van der Waals surface area contributed by atoms with Gasteiger partial charge in [0, 0.05) is 36.1 Å². The fourth-order valence-electron chi connectivity index (χ4n) is 5.68. The molecule has 0 saturated carbocycles. The van der Waals surface area contributed by atoms with Crippen LogP contribution in [0.2, 0.25) is 0 Å². The minimum absolute atomic E-state index is 0.0674. The number of amides is 1. The lowest BCUT2D eigenvalue weighted by Crippen LogP contribution is -2.36. The first kappa shape index (κ1) is 29.9. The maximum absolute atomic E-state index is 13.7. The van der Waals surface area contributed by atoms with Crippen LogP contribution in [0.3, 0.4) is 0 Å². The van der Waals surface area contributed by atoms with Crippen molar-refractivity contribution in [2.45, 2.75) is 64.7 Å². The third kappa shape index (κ3) is 6.57. The fraction of sp³-hybridized carbons (Fsp3) is 0.483. The van der Waals surface area contributed by atoms with Gasteiger partial charge in [0.15, 0.2) is 5.13 Å². The Morgan fingerprint density at radius 1 is 1.12 bits per heavy atom. The van der Waals surface area contributed by atoms with E-state index in [1.54, 1.807) is 6.07 Å². The Kier molecular flexibility index (Phi) is 8.78. The van der Waals surface area contributed by atoms with Crippen LogP contribution in [0.15, 0.2) is 30.6 Å². The summed E-state index contributed by atoms with van der Waals surface area (Å²) >= 11 is 1.25. The van der Waals surface area contributed by atoms with Crippen LogP contribution in [0.5, 0.6) is 0 Å². The molecule has 1 amide bonds. The van der Waals surface area contributed by atoms with E-state index in [1.165, 1.54) is 36.7 Å². The number of piperidine rings is 1. The lowest BCUT2D eigenvalue weighted by molar-refractivity contribution is -0.142. The van der Waals surface area contributed by atoms with Crippen LogP contribution < -0.4 is 10.2 Å². The first-order valence-electron chi connectivity index (χ1n) is 14.1. The number of thiazole rings is 1. The van der Waals surface area contributed by atoms with Gasteiger partial charge in [-0.1, -0.05) is 30.4 Å². The van der Waals surface area contributed by atoms with Gasteiger partial charge in [0.05, 0.1) is 29.6 Å². The fourth-order valence-corrected chi connectivity index (χ4v) is 6.69. The molecule has 2 saturated heterocycles. The second kappa shape index (κ2) is 12.3. The summed E-state index contributed by atoms with van der Waals surface area (Å²) < 4.78 is 41.1. The number of halogens is 3. The molecular weight excluding hydrogens is 569 g/mol. The number of nitrogens with one attached hydrogen (secondary N) is 1. The standard InChI is InChI=1S/C29H33F3N6O3S/c1-3-20-5-4-10-38(20)16-23-25(19-7-6-17(2)21(13-19)29(30,31)32)35-28(42-23)36-26(39)22-14-34-24(15-33-22)37-11-8-18(9-12-37)27(40)41/h6-7,13-15,18,20H,3-5,8-12,16H2,1-2H3,(H,40,41)(H,35,36,39). The highest BCUT2D eigenvalue weighted by Gasteiger charge is 2.33. The Labute approximate surface area is 245 Å². The van der Waals surface area contributed by atoms with Gasteiger partial charge in [0.2, 0.25) is 0 Å². The van der Waals surface area contributed by atoms with E-state index in [1.807, 2.05) is 4.90 Å². The molecular formula is C29H33F3N6O3S. The molecule has 2 fully saturated rings. The van der Waals surface area contributed by atoms with Crippen LogP contribution in [-0.4, -0.2) is 62.5 Å². The van der Waals surface area contributed by atoms with E-state index in [2.05, 4.69) is 32.1 Å². The minimum Gasteiger partial charge on any atom is -0.481 e. The number of benzene rings is 1. The van der Waals surface area contributed by atoms with Crippen molar-refractivity contribution < 1.29 is 27.9 Å². The second-order valence-electron chi connectivity index (χ2n) is 10.8. The predicted octanol–water partition coefficient (Wildman–Crippen LogP) is 5.86. The Hall–Kier alpha value is -3.58. The highest BCUT2D eigenvalue weighted by Crippen LogP contribution is 2.38. The monoisotopic (exact) mass is 602 g/mol. The number of alkyl halides is 3. The lowest BCUT2D eigenvalue weighted by atomic mass is 9.97. The van der Waals surface area contributed by atoms with Crippen LogP contribution in [0.4, 0.5) is 24.1 Å². The molecule has 42 heavy (non-hydrogen) atoms. The van der Waals surface area contributed by atoms with Gasteiger partial charge in [0.25, 0.3) is 5.91 Å². The van der Waals surface area contributed by atoms with E-state index in [0.717, 1.165) is 36.8 Å². The van der Waals surface area contributed by atoms with E-state index in [-0.39, 0.29) is 22.3 Å². The third-order valence-corrected chi connectivity index (χ3v) is 9.05. The zero-order valence-corrected chi connectivity index (χ0v) is 24.3. The Morgan fingerprint density at radius 3 is 2.52 bits per heavy atom. The average Bonchev–Trinajstić information content (AvgIpc) is 3.59. The van der Waals surface area contributed by atoms with Crippen molar-refractivity contribution in [3.63, 3.8) is 0 Å². The van der Waals surface area contributed by atoms with Crippen LogP contribution >= 0.6 is 11.3 Å². The smallest absolute Gasteiger partial charge is 0.416 e. The van der Waals surface area contributed by atoms with Crippen LogP contribution in [0.1, 0.15) is 65.5 Å². The molecule has 0 radical (unpaired) electrons. The van der Waals surface area contributed by atoms with E-state index in [4.69, 9.17) is 0 Å². The lowest BCUT2D eigenvalue weighted by Gasteiger charge is -2.30. The maximum atomic E-state index is 13.7. The molecule has 13 heteroatoms. The van der Waals surface area contributed by atoms with Crippen LogP contribution in [0, 0.1) is 12.8 Å². The molecule has 5 rings (SSSR count). The number of carboxylic acids is 1. The van der Waals surface area contributed by atoms with E-state index < -0.39 is 23.6 Å². The van der Waals surface area contributed by atoms with E-state index in [0.29, 0.717) is 55.6 Å². The summed E-state index contributed by atoms with van der Waals surface area (Å²) in [5.74, 6) is -1.14. The van der Waals surface area contributed by atoms with Gasteiger partial charge in [-0.05, 0) is 57.2 Å². The maximum Gasteiger partial charge on any atom is 0.416 e. The highest BCUT2D eigenvalue weighted by molar-refractivity contribution is 7.16. The minimum atomic E-state index is -4.49. The third-order valence-electron chi connectivity index (χ3n) is 8.09. The summed E-state index contributed by atoms with van der Waals surface area (Å²) in [7, 11) is 0. The number of carboxylic acid groups (broad SMARTS) is 1. The number of aliphatic carboxylic acids is 1. The molecule has 2 aliphatic heterocycles. The second-order valence-corrected chi connectivity index (χ2v) is 11.9. The van der Waals surface area contributed by atoms with Crippen molar-refractivity contribution in [2.75, 3.05) is 29.9 Å². The molecule has 0 aliphatic carbocycles. The van der Waals surface area contributed by atoms with Gasteiger partial charge in [-0.15, -0.1) is 0 Å². The number of aromatic nitrogens is 3. The summed E-state index contributed by atoms with van der Waals surface area (Å²) in [6.07, 6.45) is 2.48. The van der Waals surface area contributed by atoms with E-state index in [9.17, 15) is 27.9 Å². The van der Waals surface area contributed by atoms with Crippen molar-refractivity contribution in [3.8, 4) is 11.3 Å². The number of nitrogens with zero attached hydrogens (tertiary/aromatic N) is 5. The Balaban J connectivity index is 1.36. The van der Waals surface area contributed by atoms with Gasteiger partial charge in [-0.2, -0.15) is 13.2 Å². The number of likely N-dealkylation sites (tertiary alicyclic amines) is 1.